The van der Waals surface area contributed by atoms with Gasteiger partial charge in [0.2, 0.25) is 0 Å². The zero-order valence-electron chi connectivity index (χ0n) is 8.75. The zero-order chi connectivity index (χ0) is 12.4. The van der Waals surface area contributed by atoms with Crippen LogP contribution in [0.2, 0.25) is 10.3 Å². The number of halogens is 3. The summed E-state index contributed by atoms with van der Waals surface area (Å²) in [6, 6.07) is 5.79. The minimum atomic E-state index is -0.496. The van der Waals surface area contributed by atoms with E-state index in [0.717, 1.165) is 0 Å². The van der Waals surface area contributed by atoms with Gasteiger partial charge in [-0.1, -0.05) is 23.2 Å². The predicted octanol–water partition coefficient (Wildman–Crippen LogP) is 3.60. The van der Waals surface area contributed by atoms with Crippen molar-refractivity contribution in [2.24, 2.45) is 0 Å². The Labute approximate surface area is 107 Å². The molecule has 17 heavy (non-hydrogen) atoms. The quantitative estimate of drug-likeness (QED) is 0.784. The van der Waals surface area contributed by atoms with Crippen LogP contribution >= 0.6 is 23.2 Å². The van der Waals surface area contributed by atoms with Crippen LogP contribution in [0.25, 0.3) is 11.4 Å². The fourth-order valence-electron chi connectivity index (χ4n) is 1.32. The van der Waals surface area contributed by atoms with Gasteiger partial charge in [0.15, 0.2) is 17.4 Å². The molecule has 0 unspecified atom stereocenters. The number of methoxy groups -OCH3 is 1. The Morgan fingerprint density at radius 3 is 2.29 bits per heavy atom. The van der Waals surface area contributed by atoms with Gasteiger partial charge in [0, 0.05) is 11.6 Å². The van der Waals surface area contributed by atoms with E-state index in [1.165, 1.54) is 25.3 Å². The lowest BCUT2D eigenvalue weighted by Gasteiger charge is -2.04. The van der Waals surface area contributed by atoms with Crippen molar-refractivity contribution in [1.82, 2.24) is 9.97 Å². The average Bonchev–Trinajstić information content (AvgIpc) is 2.27. The van der Waals surface area contributed by atoms with E-state index in [2.05, 4.69) is 9.97 Å². The van der Waals surface area contributed by atoms with E-state index in [1.807, 2.05) is 0 Å². The molecule has 88 valence electrons. The van der Waals surface area contributed by atoms with Gasteiger partial charge in [-0.3, -0.25) is 0 Å². The van der Waals surface area contributed by atoms with Gasteiger partial charge in [0.1, 0.15) is 10.3 Å². The van der Waals surface area contributed by atoms with Crippen molar-refractivity contribution in [3.05, 3.63) is 40.4 Å². The number of benzene rings is 1. The number of aromatic nitrogens is 2. The van der Waals surface area contributed by atoms with Crippen molar-refractivity contribution in [2.45, 2.75) is 0 Å². The summed E-state index contributed by atoms with van der Waals surface area (Å²) >= 11 is 11.5. The molecule has 0 bridgehead atoms. The third-order valence-corrected chi connectivity index (χ3v) is 2.46. The molecule has 1 aromatic carbocycles. The lowest BCUT2D eigenvalue weighted by Crippen LogP contribution is -1.93. The Hall–Kier alpha value is -1.39. The molecule has 1 aromatic heterocycles. The topological polar surface area (TPSA) is 35.0 Å². The second-order valence-electron chi connectivity index (χ2n) is 3.19. The highest BCUT2D eigenvalue weighted by Crippen LogP contribution is 2.25. The maximum atomic E-state index is 13.5. The summed E-state index contributed by atoms with van der Waals surface area (Å²) in [6.45, 7) is 0. The molecule has 2 aromatic rings. The van der Waals surface area contributed by atoms with Crippen molar-refractivity contribution in [2.75, 3.05) is 7.11 Å². The monoisotopic (exact) mass is 272 g/mol. The molecule has 0 N–H and O–H groups in total. The SMILES string of the molecule is COc1ccc(-c2nc(Cl)cc(Cl)n2)cc1F. The number of ether oxygens (including phenoxy) is 1. The lowest BCUT2D eigenvalue weighted by atomic mass is 10.2. The normalized spacial score (nSPS) is 10.4. The van der Waals surface area contributed by atoms with Crippen molar-refractivity contribution in [1.29, 1.82) is 0 Å². The van der Waals surface area contributed by atoms with Crippen LogP contribution in [-0.2, 0) is 0 Å². The van der Waals surface area contributed by atoms with Crippen LogP contribution in [0, 0.1) is 5.82 Å². The van der Waals surface area contributed by atoms with Crippen LogP contribution in [0.1, 0.15) is 0 Å². The second-order valence-corrected chi connectivity index (χ2v) is 3.96. The molecule has 0 saturated heterocycles. The first-order valence-corrected chi connectivity index (χ1v) is 5.40. The average molecular weight is 273 g/mol. The fourth-order valence-corrected chi connectivity index (χ4v) is 1.75. The van der Waals surface area contributed by atoms with Gasteiger partial charge in [-0.25, -0.2) is 14.4 Å². The summed E-state index contributed by atoms with van der Waals surface area (Å²) in [5.41, 5.74) is 0.479. The zero-order valence-corrected chi connectivity index (χ0v) is 10.3. The van der Waals surface area contributed by atoms with Gasteiger partial charge >= 0.3 is 0 Å². The van der Waals surface area contributed by atoms with Crippen molar-refractivity contribution in [3.8, 4) is 17.1 Å². The first kappa shape index (κ1) is 12.1. The molecule has 0 atom stereocenters. The summed E-state index contributed by atoms with van der Waals surface area (Å²) in [7, 11) is 1.39. The Kier molecular flexibility index (Phi) is 3.45. The lowest BCUT2D eigenvalue weighted by molar-refractivity contribution is 0.386. The maximum absolute atomic E-state index is 13.5. The largest absolute Gasteiger partial charge is 0.494 e. The van der Waals surface area contributed by atoms with E-state index in [4.69, 9.17) is 27.9 Å². The molecule has 0 amide bonds. The highest BCUT2D eigenvalue weighted by Gasteiger charge is 2.09. The van der Waals surface area contributed by atoms with Crippen LogP contribution in [0.3, 0.4) is 0 Å². The van der Waals surface area contributed by atoms with Gasteiger partial charge in [-0.2, -0.15) is 0 Å². The molecule has 2 rings (SSSR count). The Bertz CT molecular complexity index is 543. The van der Waals surface area contributed by atoms with Crippen LogP contribution in [-0.4, -0.2) is 17.1 Å². The summed E-state index contributed by atoms with van der Waals surface area (Å²) in [6.07, 6.45) is 0. The van der Waals surface area contributed by atoms with E-state index in [1.54, 1.807) is 6.07 Å². The highest BCUT2D eigenvalue weighted by molar-refractivity contribution is 6.33. The number of nitrogens with zero attached hydrogens (tertiary/aromatic N) is 2. The van der Waals surface area contributed by atoms with E-state index >= 15 is 0 Å². The second kappa shape index (κ2) is 4.85. The Morgan fingerprint density at radius 1 is 1.12 bits per heavy atom. The van der Waals surface area contributed by atoms with E-state index in [-0.39, 0.29) is 21.9 Å². The molecular formula is C11H7Cl2FN2O. The van der Waals surface area contributed by atoms with Gasteiger partial charge in [0.05, 0.1) is 7.11 Å². The van der Waals surface area contributed by atoms with E-state index in [9.17, 15) is 4.39 Å². The highest BCUT2D eigenvalue weighted by atomic mass is 35.5. The minimum absolute atomic E-state index is 0.155. The fraction of sp³-hybridized carbons (Fsp3) is 0.0909. The summed E-state index contributed by atoms with van der Waals surface area (Å²) < 4.78 is 18.3. The first-order valence-electron chi connectivity index (χ1n) is 4.64. The van der Waals surface area contributed by atoms with Crippen molar-refractivity contribution >= 4 is 23.2 Å². The maximum Gasteiger partial charge on any atom is 0.165 e. The minimum Gasteiger partial charge on any atom is -0.494 e. The molecule has 6 heteroatoms. The molecule has 0 saturated carbocycles. The van der Waals surface area contributed by atoms with Crippen molar-refractivity contribution < 1.29 is 9.13 Å². The van der Waals surface area contributed by atoms with Crippen LogP contribution in [0.15, 0.2) is 24.3 Å². The van der Waals surface area contributed by atoms with E-state index < -0.39 is 5.82 Å². The molecule has 0 fully saturated rings. The predicted molar refractivity (Wildman–Crippen MR) is 64.0 cm³/mol. The van der Waals surface area contributed by atoms with Gasteiger partial charge < -0.3 is 4.74 Å². The summed E-state index contributed by atoms with van der Waals surface area (Å²) in [5, 5.41) is 0.410. The molecular weight excluding hydrogens is 266 g/mol. The summed E-state index contributed by atoms with van der Waals surface area (Å²) in [5.74, 6) is -0.0735. The summed E-state index contributed by atoms with van der Waals surface area (Å²) in [4.78, 5) is 7.93. The molecule has 0 aliphatic rings. The van der Waals surface area contributed by atoms with Crippen molar-refractivity contribution in [3.63, 3.8) is 0 Å². The van der Waals surface area contributed by atoms with Crippen LogP contribution in [0.4, 0.5) is 4.39 Å². The van der Waals surface area contributed by atoms with Crippen LogP contribution < -0.4 is 4.74 Å². The number of hydrogen-bond donors (Lipinski definition) is 0. The molecule has 0 radical (unpaired) electrons. The Balaban J connectivity index is 2.49. The third kappa shape index (κ3) is 2.65. The first-order chi connectivity index (χ1) is 8.10. The van der Waals surface area contributed by atoms with Gasteiger partial charge in [0.25, 0.3) is 0 Å². The Morgan fingerprint density at radius 2 is 1.76 bits per heavy atom. The molecule has 0 aliphatic carbocycles. The molecule has 1 heterocycles. The number of hydrogen-bond acceptors (Lipinski definition) is 3. The molecule has 0 aliphatic heterocycles. The van der Waals surface area contributed by atoms with E-state index in [0.29, 0.717) is 5.56 Å². The standard InChI is InChI=1S/C11H7Cl2FN2O/c1-17-8-3-2-6(4-7(8)14)11-15-9(12)5-10(13)16-11/h2-5H,1H3. The molecule has 3 nitrogen and oxygen atoms in total. The van der Waals surface area contributed by atoms with Gasteiger partial charge in [-0.15, -0.1) is 0 Å². The smallest absolute Gasteiger partial charge is 0.165 e. The van der Waals surface area contributed by atoms with Gasteiger partial charge in [-0.05, 0) is 18.2 Å². The number of rotatable bonds is 2. The molecule has 0 spiro atoms. The third-order valence-electron chi connectivity index (χ3n) is 2.07. The van der Waals surface area contributed by atoms with Crippen LogP contribution in [0.5, 0.6) is 5.75 Å².